The van der Waals surface area contributed by atoms with E-state index in [1.807, 2.05) is 25.1 Å². The second kappa shape index (κ2) is 6.22. The van der Waals surface area contributed by atoms with Crippen LogP contribution in [-0.4, -0.2) is 0 Å². The van der Waals surface area contributed by atoms with E-state index >= 15 is 0 Å². The van der Waals surface area contributed by atoms with E-state index in [1.54, 1.807) is 6.07 Å². The van der Waals surface area contributed by atoms with Gasteiger partial charge in [0, 0.05) is 16.7 Å². The minimum absolute atomic E-state index is 0.157. The molecule has 2 rings (SSSR count). The fraction of sp³-hybridized carbons (Fsp3) is 0.250. The Hall–Kier alpha value is -1.32. The van der Waals surface area contributed by atoms with Crippen molar-refractivity contribution in [1.82, 2.24) is 0 Å². The van der Waals surface area contributed by atoms with Crippen LogP contribution in [0.15, 0.2) is 47.4 Å². The molecule has 2 aromatic carbocycles. The maximum Gasteiger partial charge on any atom is 0.137 e. The minimum Gasteiger partial charge on any atom is -0.324 e. The zero-order chi connectivity index (χ0) is 13.8. The molecule has 100 valence electrons. The van der Waals surface area contributed by atoms with Crippen LogP contribution in [0.5, 0.6) is 0 Å². The van der Waals surface area contributed by atoms with Crippen molar-refractivity contribution < 1.29 is 4.39 Å². The Bertz CT molecular complexity index is 566. The Kier molecular flexibility index (Phi) is 4.61. The van der Waals surface area contributed by atoms with Gasteiger partial charge in [0.25, 0.3) is 0 Å². The molecule has 0 aliphatic carbocycles. The molecule has 0 unspecified atom stereocenters. The van der Waals surface area contributed by atoms with Crippen molar-refractivity contribution >= 4 is 11.8 Å². The fourth-order valence-electron chi connectivity index (χ4n) is 1.96. The Morgan fingerprint density at radius 1 is 1.16 bits per heavy atom. The highest BCUT2D eigenvalue weighted by atomic mass is 32.2. The molecule has 1 atom stereocenters. The molecule has 0 spiro atoms. The summed E-state index contributed by atoms with van der Waals surface area (Å²) >= 11 is 1.51. The molecule has 0 bridgehead atoms. The van der Waals surface area contributed by atoms with E-state index in [4.69, 9.17) is 5.73 Å². The van der Waals surface area contributed by atoms with Crippen LogP contribution in [0, 0.1) is 12.7 Å². The number of rotatable bonds is 4. The predicted molar refractivity (Wildman–Crippen MR) is 79.7 cm³/mol. The smallest absolute Gasteiger partial charge is 0.137 e. The molecule has 3 heteroatoms. The van der Waals surface area contributed by atoms with Crippen LogP contribution >= 0.6 is 11.8 Å². The highest BCUT2D eigenvalue weighted by Crippen LogP contribution is 2.32. The van der Waals surface area contributed by atoms with E-state index in [0.29, 0.717) is 4.90 Å². The van der Waals surface area contributed by atoms with Crippen molar-refractivity contribution in [3.8, 4) is 0 Å². The highest BCUT2D eigenvalue weighted by molar-refractivity contribution is 7.98. The van der Waals surface area contributed by atoms with Crippen molar-refractivity contribution in [3.05, 3.63) is 65.0 Å². The summed E-state index contributed by atoms with van der Waals surface area (Å²) in [4.78, 5) is 0.667. The van der Waals surface area contributed by atoms with Crippen LogP contribution in [-0.2, 0) is 5.75 Å². The topological polar surface area (TPSA) is 26.0 Å². The molecule has 0 aliphatic heterocycles. The predicted octanol–water partition coefficient (Wildman–Crippen LogP) is 4.45. The van der Waals surface area contributed by atoms with Gasteiger partial charge in [-0.1, -0.05) is 36.4 Å². The molecule has 0 heterocycles. The van der Waals surface area contributed by atoms with Crippen molar-refractivity contribution in [2.75, 3.05) is 0 Å². The van der Waals surface area contributed by atoms with Gasteiger partial charge in [0.15, 0.2) is 0 Å². The summed E-state index contributed by atoms with van der Waals surface area (Å²) in [6.45, 7) is 3.95. The minimum atomic E-state index is -0.187. The van der Waals surface area contributed by atoms with Crippen LogP contribution in [0.4, 0.5) is 4.39 Å². The molecule has 0 aromatic heterocycles. The molecule has 0 fully saturated rings. The first-order valence-corrected chi connectivity index (χ1v) is 7.29. The van der Waals surface area contributed by atoms with Crippen LogP contribution in [0.2, 0.25) is 0 Å². The average Bonchev–Trinajstić information content (AvgIpc) is 2.38. The summed E-state index contributed by atoms with van der Waals surface area (Å²) in [5.41, 5.74) is 9.23. The lowest BCUT2D eigenvalue weighted by molar-refractivity contribution is 0.591. The first-order valence-electron chi connectivity index (χ1n) is 6.31. The lowest BCUT2D eigenvalue weighted by Gasteiger charge is -2.13. The number of thioether (sulfide) groups is 1. The van der Waals surface area contributed by atoms with Gasteiger partial charge in [-0.2, -0.15) is 0 Å². The summed E-state index contributed by atoms with van der Waals surface area (Å²) in [5.74, 6) is 0.571. The molecule has 2 aromatic rings. The fourth-order valence-corrected chi connectivity index (χ4v) is 3.21. The molecule has 0 saturated heterocycles. The zero-order valence-corrected chi connectivity index (χ0v) is 12.0. The van der Waals surface area contributed by atoms with Gasteiger partial charge in [-0.25, -0.2) is 4.39 Å². The van der Waals surface area contributed by atoms with Gasteiger partial charge in [0.1, 0.15) is 5.82 Å². The molecular formula is C16H18FNS. The summed E-state index contributed by atoms with van der Waals surface area (Å²) in [5, 5.41) is 0. The summed E-state index contributed by atoms with van der Waals surface area (Å²) < 4.78 is 13.9. The Morgan fingerprint density at radius 2 is 1.89 bits per heavy atom. The van der Waals surface area contributed by atoms with Gasteiger partial charge < -0.3 is 5.73 Å². The van der Waals surface area contributed by atoms with E-state index in [0.717, 1.165) is 11.3 Å². The van der Waals surface area contributed by atoms with E-state index < -0.39 is 0 Å². The van der Waals surface area contributed by atoms with Crippen LogP contribution in [0.3, 0.4) is 0 Å². The Labute approximate surface area is 118 Å². The first-order chi connectivity index (χ1) is 9.09. The molecule has 0 saturated carbocycles. The molecular weight excluding hydrogens is 257 g/mol. The second-order valence-corrected chi connectivity index (χ2v) is 5.65. The second-order valence-electron chi connectivity index (χ2n) is 4.66. The van der Waals surface area contributed by atoms with Gasteiger partial charge in [-0.3, -0.25) is 0 Å². The molecule has 0 aliphatic rings. The number of halogens is 1. The van der Waals surface area contributed by atoms with Gasteiger partial charge in [-0.05, 0) is 36.6 Å². The number of nitrogens with two attached hydrogens (primary N) is 1. The zero-order valence-electron chi connectivity index (χ0n) is 11.2. The molecule has 2 N–H and O–H groups in total. The summed E-state index contributed by atoms with van der Waals surface area (Å²) in [6, 6.07) is 13.1. The Morgan fingerprint density at radius 3 is 2.58 bits per heavy atom. The lowest BCUT2D eigenvalue weighted by Crippen LogP contribution is -2.07. The molecule has 19 heavy (non-hydrogen) atoms. The number of hydrogen-bond acceptors (Lipinski definition) is 2. The third-order valence-corrected chi connectivity index (χ3v) is 4.30. The van der Waals surface area contributed by atoms with E-state index in [1.165, 1.54) is 29.0 Å². The van der Waals surface area contributed by atoms with E-state index in [-0.39, 0.29) is 11.9 Å². The normalized spacial score (nSPS) is 12.4. The van der Waals surface area contributed by atoms with Crippen molar-refractivity contribution in [3.63, 3.8) is 0 Å². The molecule has 0 radical (unpaired) electrons. The average molecular weight is 275 g/mol. The van der Waals surface area contributed by atoms with Gasteiger partial charge >= 0.3 is 0 Å². The van der Waals surface area contributed by atoms with Gasteiger partial charge in [0.05, 0.1) is 0 Å². The largest absolute Gasteiger partial charge is 0.324 e. The van der Waals surface area contributed by atoms with E-state index in [9.17, 15) is 4.39 Å². The van der Waals surface area contributed by atoms with Crippen LogP contribution < -0.4 is 5.73 Å². The SMILES string of the molecule is Cc1ccccc1CSc1c(F)cccc1[C@H](C)N. The van der Waals surface area contributed by atoms with Crippen molar-refractivity contribution in [2.45, 2.75) is 30.5 Å². The van der Waals surface area contributed by atoms with Crippen molar-refractivity contribution in [1.29, 1.82) is 0 Å². The molecule has 1 nitrogen and oxygen atoms in total. The number of aryl methyl sites for hydroxylation is 1. The number of hydrogen-bond donors (Lipinski definition) is 1. The Balaban J connectivity index is 2.22. The first kappa shape index (κ1) is 14.1. The van der Waals surface area contributed by atoms with Crippen LogP contribution in [0.1, 0.15) is 29.7 Å². The lowest BCUT2D eigenvalue weighted by atomic mass is 10.1. The summed E-state index contributed by atoms with van der Waals surface area (Å²) in [6.07, 6.45) is 0. The summed E-state index contributed by atoms with van der Waals surface area (Å²) in [7, 11) is 0. The quantitative estimate of drug-likeness (QED) is 0.834. The molecule has 0 amide bonds. The maximum absolute atomic E-state index is 13.9. The van der Waals surface area contributed by atoms with Gasteiger partial charge in [0.2, 0.25) is 0 Å². The third-order valence-electron chi connectivity index (χ3n) is 3.12. The monoisotopic (exact) mass is 275 g/mol. The third kappa shape index (κ3) is 3.37. The van der Waals surface area contributed by atoms with Crippen molar-refractivity contribution in [2.24, 2.45) is 5.73 Å². The standard InChI is InChI=1S/C16H18FNS/c1-11-6-3-4-7-13(11)10-19-16-14(12(2)18)8-5-9-15(16)17/h3-9,12H,10,18H2,1-2H3/t12-/m0/s1. The van der Waals surface area contributed by atoms with Crippen LogP contribution in [0.25, 0.3) is 0 Å². The maximum atomic E-state index is 13.9. The van der Waals surface area contributed by atoms with Gasteiger partial charge in [-0.15, -0.1) is 11.8 Å². The van der Waals surface area contributed by atoms with E-state index in [2.05, 4.69) is 19.1 Å². The number of benzene rings is 2. The highest BCUT2D eigenvalue weighted by Gasteiger charge is 2.12.